The third-order valence-corrected chi connectivity index (χ3v) is 5.57. The summed E-state index contributed by atoms with van der Waals surface area (Å²) in [6, 6.07) is 0. The number of anilines is 1. The van der Waals surface area contributed by atoms with Gasteiger partial charge in [0.05, 0.1) is 12.2 Å². The Morgan fingerprint density at radius 1 is 1.27 bits per heavy atom. The fourth-order valence-corrected chi connectivity index (χ4v) is 4.17. The Hall–Kier alpha value is -1.18. The summed E-state index contributed by atoms with van der Waals surface area (Å²) in [7, 11) is 1.56. The molecule has 6 nitrogen and oxygen atoms in total. The zero-order valence-electron chi connectivity index (χ0n) is 13.4. The lowest BCUT2D eigenvalue weighted by atomic mass is 10.2. The van der Waals surface area contributed by atoms with E-state index in [0.717, 1.165) is 50.8 Å². The molecule has 0 unspecified atom stereocenters. The number of carbonyl (C=O) groups is 1. The maximum atomic E-state index is 12.0. The van der Waals surface area contributed by atoms with Crippen molar-refractivity contribution in [3.8, 4) is 0 Å². The molecule has 0 radical (unpaired) electrons. The summed E-state index contributed by atoms with van der Waals surface area (Å²) in [5.41, 5.74) is 1.18. The molecule has 0 N–H and O–H groups in total. The van der Waals surface area contributed by atoms with Crippen LogP contribution in [0.3, 0.4) is 0 Å². The summed E-state index contributed by atoms with van der Waals surface area (Å²) < 4.78 is 4.95. The zero-order chi connectivity index (χ0) is 15.5. The number of carbonyl (C=O) groups excluding carboxylic acids is 1. The van der Waals surface area contributed by atoms with Crippen LogP contribution < -0.4 is 4.90 Å². The molecule has 7 heteroatoms. The predicted molar refractivity (Wildman–Crippen MR) is 87.4 cm³/mol. The normalized spacial score (nSPS) is 19.4. The highest BCUT2D eigenvalue weighted by molar-refractivity contribution is 7.15. The lowest BCUT2D eigenvalue weighted by Crippen LogP contribution is -2.46. The number of amides is 1. The largest absolute Gasteiger partial charge is 0.375 e. The van der Waals surface area contributed by atoms with Crippen LogP contribution in [-0.2, 0) is 22.5 Å². The monoisotopic (exact) mass is 324 g/mol. The topological polar surface area (TPSA) is 48.9 Å². The third kappa shape index (κ3) is 3.26. The van der Waals surface area contributed by atoms with Gasteiger partial charge in [0.25, 0.3) is 0 Å². The van der Waals surface area contributed by atoms with Crippen LogP contribution in [-0.4, -0.2) is 73.7 Å². The predicted octanol–water partition coefficient (Wildman–Crippen LogP) is 0.816. The summed E-state index contributed by atoms with van der Waals surface area (Å²) in [5, 5.41) is 1.13. The van der Waals surface area contributed by atoms with Crippen molar-refractivity contribution in [1.82, 2.24) is 14.8 Å². The van der Waals surface area contributed by atoms with Crippen molar-refractivity contribution in [3.05, 3.63) is 10.6 Å². The molecule has 122 valence electrons. The van der Waals surface area contributed by atoms with Crippen LogP contribution in [0.2, 0.25) is 0 Å². The first-order valence-corrected chi connectivity index (χ1v) is 8.75. The number of rotatable bonds is 4. The van der Waals surface area contributed by atoms with Gasteiger partial charge in [-0.2, -0.15) is 0 Å². The van der Waals surface area contributed by atoms with Crippen molar-refractivity contribution >= 4 is 22.4 Å². The molecule has 3 heterocycles. The van der Waals surface area contributed by atoms with E-state index in [1.165, 1.54) is 10.6 Å². The molecule has 0 atom stereocenters. The van der Waals surface area contributed by atoms with Crippen LogP contribution >= 0.6 is 11.3 Å². The van der Waals surface area contributed by atoms with Crippen LogP contribution in [0.15, 0.2) is 0 Å². The second-order valence-electron chi connectivity index (χ2n) is 5.79. The number of thiazole rings is 1. The van der Waals surface area contributed by atoms with E-state index < -0.39 is 0 Å². The Labute approximate surface area is 135 Å². The molecule has 0 bridgehead atoms. The van der Waals surface area contributed by atoms with Crippen LogP contribution in [0.4, 0.5) is 5.13 Å². The second-order valence-corrected chi connectivity index (χ2v) is 6.85. The number of piperazine rings is 1. The molecule has 0 aromatic carbocycles. The number of aromatic nitrogens is 1. The van der Waals surface area contributed by atoms with Gasteiger partial charge in [0.2, 0.25) is 5.91 Å². The highest BCUT2D eigenvalue weighted by atomic mass is 32.1. The van der Waals surface area contributed by atoms with Crippen molar-refractivity contribution in [3.63, 3.8) is 0 Å². The van der Waals surface area contributed by atoms with Crippen molar-refractivity contribution in [1.29, 1.82) is 0 Å². The van der Waals surface area contributed by atoms with E-state index >= 15 is 0 Å². The van der Waals surface area contributed by atoms with Crippen molar-refractivity contribution < 1.29 is 9.53 Å². The molecular formula is C15H24N4O2S. The zero-order valence-corrected chi connectivity index (χ0v) is 14.2. The Kier molecular flexibility index (Phi) is 4.95. The minimum Gasteiger partial charge on any atom is -0.375 e. The second kappa shape index (κ2) is 6.93. The maximum Gasteiger partial charge on any atom is 0.248 e. The average Bonchev–Trinajstić information content (AvgIpc) is 2.98. The number of hydrogen-bond acceptors (Lipinski definition) is 6. The number of methoxy groups -OCH3 is 1. The number of likely N-dealkylation sites (N-methyl/N-ethyl adjacent to an activating group) is 1. The average molecular weight is 324 g/mol. The molecule has 1 aromatic rings. The van der Waals surface area contributed by atoms with E-state index in [4.69, 9.17) is 9.72 Å². The summed E-state index contributed by atoms with van der Waals surface area (Å²) in [5.74, 6) is 0.0691. The number of hydrogen-bond donors (Lipinski definition) is 0. The van der Waals surface area contributed by atoms with Gasteiger partial charge in [-0.25, -0.2) is 4.98 Å². The van der Waals surface area contributed by atoms with Gasteiger partial charge in [0.1, 0.15) is 6.61 Å². The first-order chi connectivity index (χ1) is 10.7. The van der Waals surface area contributed by atoms with E-state index in [9.17, 15) is 4.79 Å². The van der Waals surface area contributed by atoms with Crippen molar-refractivity contribution in [2.24, 2.45) is 0 Å². The van der Waals surface area contributed by atoms with Gasteiger partial charge in [-0.1, -0.05) is 18.3 Å². The number of ether oxygens (including phenoxy) is 1. The number of nitrogens with zero attached hydrogens (tertiary/aromatic N) is 4. The van der Waals surface area contributed by atoms with Crippen LogP contribution in [0.25, 0.3) is 0 Å². The highest BCUT2D eigenvalue weighted by Crippen LogP contribution is 2.31. The lowest BCUT2D eigenvalue weighted by molar-refractivity contribution is -0.136. The van der Waals surface area contributed by atoms with Crippen molar-refractivity contribution in [2.45, 2.75) is 19.9 Å². The van der Waals surface area contributed by atoms with Gasteiger partial charge in [-0.05, 0) is 6.54 Å². The Morgan fingerprint density at radius 3 is 2.73 bits per heavy atom. The first kappa shape index (κ1) is 15.7. The molecule has 1 aromatic heterocycles. The molecule has 2 aliphatic heterocycles. The molecule has 1 saturated heterocycles. The molecule has 0 spiro atoms. The summed E-state index contributed by atoms with van der Waals surface area (Å²) in [6.07, 6.45) is 0.857. The lowest BCUT2D eigenvalue weighted by Gasteiger charge is -2.33. The van der Waals surface area contributed by atoms with Crippen LogP contribution in [0, 0.1) is 0 Å². The SMILES string of the molecule is CCN1CCN(c2nc3c(s2)CN(C(=O)COC)CC3)CC1. The van der Waals surface area contributed by atoms with Crippen LogP contribution in [0.5, 0.6) is 0 Å². The molecule has 1 amide bonds. The quantitative estimate of drug-likeness (QED) is 0.820. The molecule has 22 heavy (non-hydrogen) atoms. The summed E-state index contributed by atoms with van der Waals surface area (Å²) in [4.78, 5) is 24.7. The Bertz CT molecular complexity index is 526. The van der Waals surface area contributed by atoms with E-state index in [0.29, 0.717) is 6.54 Å². The highest BCUT2D eigenvalue weighted by Gasteiger charge is 2.26. The fourth-order valence-electron chi connectivity index (χ4n) is 3.00. The standard InChI is InChI=1S/C15H24N4O2S/c1-3-17-6-8-18(9-7-17)15-16-12-4-5-19(10-13(12)22-15)14(20)11-21-2/h3-11H2,1-2H3. The molecule has 2 aliphatic rings. The van der Waals surface area contributed by atoms with Gasteiger partial charge < -0.3 is 19.4 Å². The van der Waals surface area contributed by atoms with E-state index in [-0.39, 0.29) is 12.5 Å². The van der Waals surface area contributed by atoms with Gasteiger partial charge in [-0.15, -0.1) is 0 Å². The number of fused-ring (bicyclic) bond motifs is 1. The first-order valence-electron chi connectivity index (χ1n) is 7.94. The van der Waals surface area contributed by atoms with Gasteiger partial charge in [-0.3, -0.25) is 4.79 Å². The van der Waals surface area contributed by atoms with Crippen LogP contribution in [0.1, 0.15) is 17.5 Å². The Balaban J connectivity index is 1.65. The van der Waals surface area contributed by atoms with Crippen molar-refractivity contribution in [2.75, 3.05) is 57.9 Å². The summed E-state index contributed by atoms with van der Waals surface area (Å²) >= 11 is 1.75. The van der Waals surface area contributed by atoms with Gasteiger partial charge in [0, 0.05) is 51.1 Å². The molecular weight excluding hydrogens is 300 g/mol. The fraction of sp³-hybridized carbons (Fsp3) is 0.733. The minimum atomic E-state index is 0.0691. The van der Waals surface area contributed by atoms with Gasteiger partial charge in [0.15, 0.2) is 5.13 Å². The third-order valence-electron chi connectivity index (χ3n) is 4.43. The Morgan fingerprint density at radius 2 is 2.05 bits per heavy atom. The minimum absolute atomic E-state index is 0.0691. The molecule has 0 aliphatic carbocycles. The smallest absolute Gasteiger partial charge is 0.248 e. The van der Waals surface area contributed by atoms with Gasteiger partial charge >= 0.3 is 0 Å². The molecule has 3 rings (SSSR count). The molecule has 1 fully saturated rings. The molecule has 0 saturated carbocycles. The van der Waals surface area contributed by atoms with E-state index in [1.807, 2.05) is 4.90 Å². The van der Waals surface area contributed by atoms with E-state index in [2.05, 4.69) is 16.7 Å². The maximum absolute atomic E-state index is 12.0. The van der Waals surface area contributed by atoms with E-state index in [1.54, 1.807) is 18.4 Å². The summed E-state index contributed by atoms with van der Waals surface area (Å²) in [6.45, 7) is 9.26.